The number of unbranched alkanes of at least 4 members (excludes halogenated alkanes) is 4. The minimum absolute atomic E-state index is 0.0608. The van der Waals surface area contributed by atoms with Gasteiger partial charge < -0.3 is 5.32 Å². The van der Waals surface area contributed by atoms with Crippen LogP contribution in [0.4, 0.5) is 0 Å². The van der Waals surface area contributed by atoms with Crippen LogP contribution in [0.5, 0.6) is 0 Å². The van der Waals surface area contributed by atoms with Crippen molar-refractivity contribution in [3.05, 3.63) is 24.3 Å². The second kappa shape index (κ2) is 9.79. The van der Waals surface area contributed by atoms with Crippen LogP contribution >= 0.6 is 0 Å². The van der Waals surface area contributed by atoms with Gasteiger partial charge >= 0.3 is 0 Å². The van der Waals surface area contributed by atoms with Gasteiger partial charge in [0, 0.05) is 18.9 Å². The van der Waals surface area contributed by atoms with Gasteiger partial charge in [0.1, 0.15) is 0 Å². The molecule has 1 atom stereocenters. The molecule has 2 fully saturated rings. The highest BCUT2D eigenvalue weighted by molar-refractivity contribution is 5.79. The Morgan fingerprint density at radius 3 is 2.68 bits per heavy atom. The summed E-state index contributed by atoms with van der Waals surface area (Å²) >= 11 is 0. The zero-order chi connectivity index (χ0) is 18.1. The van der Waals surface area contributed by atoms with Crippen molar-refractivity contribution in [1.29, 1.82) is 0 Å². The molecule has 1 aliphatic carbocycles. The first-order chi connectivity index (χ1) is 12.0. The minimum atomic E-state index is 0.0608. The quantitative estimate of drug-likeness (QED) is 0.219. The molecule has 1 saturated heterocycles. The van der Waals surface area contributed by atoms with E-state index in [0.29, 0.717) is 6.42 Å². The molecule has 1 heterocycles. The van der Waals surface area contributed by atoms with E-state index in [0.717, 1.165) is 62.5 Å². The number of carbonyl (C=O) groups excluding carboxylic acids is 1. The average molecular weight is 344 g/mol. The largest absolute Gasteiger partial charge is 0.349 e. The molecule has 2 rings (SSSR count). The predicted molar refractivity (Wildman–Crippen MR) is 103 cm³/mol. The zero-order valence-electron chi connectivity index (χ0n) is 15.5. The second-order valence-electron chi connectivity index (χ2n) is 7.55. The van der Waals surface area contributed by atoms with Crippen molar-refractivity contribution in [2.24, 2.45) is 0 Å². The molecule has 25 heavy (non-hydrogen) atoms. The normalized spacial score (nSPS) is 20.9. The summed E-state index contributed by atoms with van der Waals surface area (Å²) in [5, 5.41) is 3.09. The van der Waals surface area contributed by atoms with Crippen molar-refractivity contribution < 1.29 is 4.79 Å². The van der Waals surface area contributed by atoms with Gasteiger partial charge in [-0.15, -0.1) is 12.3 Å². The summed E-state index contributed by atoms with van der Waals surface area (Å²) in [7, 11) is 0. The Morgan fingerprint density at radius 2 is 2.04 bits per heavy atom. The Kier molecular flexibility index (Phi) is 7.74. The smallest absolute Gasteiger partial charge is 0.224 e. The molecule has 3 N–H and O–H groups in total. The molecule has 0 radical (unpaired) electrons. The van der Waals surface area contributed by atoms with Gasteiger partial charge in [0.05, 0.1) is 5.66 Å². The lowest BCUT2D eigenvalue weighted by Gasteiger charge is -2.16. The van der Waals surface area contributed by atoms with Crippen molar-refractivity contribution >= 4 is 5.91 Å². The lowest BCUT2D eigenvalue weighted by Crippen LogP contribution is -2.33. The van der Waals surface area contributed by atoms with Gasteiger partial charge in [-0.3, -0.25) is 4.79 Å². The predicted octanol–water partition coefficient (Wildman–Crippen LogP) is 3.72. The highest BCUT2D eigenvalue weighted by Gasteiger charge is 2.40. The van der Waals surface area contributed by atoms with Crippen molar-refractivity contribution in [3.63, 3.8) is 0 Å². The van der Waals surface area contributed by atoms with E-state index in [1.165, 1.54) is 19.3 Å². The molecule has 0 aromatic rings. The third-order valence-electron chi connectivity index (χ3n) is 5.29. The van der Waals surface area contributed by atoms with Crippen LogP contribution in [-0.4, -0.2) is 17.6 Å². The standard InChI is InChI=1S/C21H33N3O/c1-4-5-6-7-8-9-14-21(23-24-21)15-13-17(2)16-20(25)22-19-12-10-11-18(19)3/h1,19,23-24H,2-3,5-16H2,(H,22,25). The fourth-order valence-electron chi connectivity index (χ4n) is 3.51. The SMILES string of the molecule is C#CCCCCCCC1(CCC(=C)CC(=O)NC2CCCC2=C)NN1. The van der Waals surface area contributed by atoms with Gasteiger partial charge in [-0.05, 0) is 44.9 Å². The number of hydrazine groups is 1. The van der Waals surface area contributed by atoms with E-state index in [1.807, 2.05) is 0 Å². The maximum Gasteiger partial charge on any atom is 0.224 e. The number of carbonyl (C=O) groups is 1. The average Bonchev–Trinajstić information content (AvgIpc) is 3.25. The highest BCUT2D eigenvalue weighted by atomic mass is 16.1. The van der Waals surface area contributed by atoms with E-state index in [1.54, 1.807) is 0 Å². The Morgan fingerprint density at radius 1 is 1.28 bits per heavy atom. The van der Waals surface area contributed by atoms with Gasteiger partial charge in [-0.2, -0.15) is 0 Å². The monoisotopic (exact) mass is 343 g/mol. The molecule has 0 aromatic carbocycles. The van der Waals surface area contributed by atoms with Crippen molar-refractivity contribution in [2.45, 2.75) is 88.8 Å². The molecule has 4 nitrogen and oxygen atoms in total. The molecular weight excluding hydrogens is 310 g/mol. The Labute approximate surface area is 152 Å². The van der Waals surface area contributed by atoms with Crippen molar-refractivity contribution in [3.8, 4) is 12.3 Å². The first-order valence-electron chi connectivity index (χ1n) is 9.66. The van der Waals surface area contributed by atoms with Crippen LogP contribution in [0.1, 0.15) is 77.0 Å². The lowest BCUT2D eigenvalue weighted by atomic mass is 9.97. The van der Waals surface area contributed by atoms with E-state index in [-0.39, 0.29) is 17.6 Å². The summed E-state index contributed by atoms with van der Waals surface area (Å²) in [6.07, 6.45) is 17.5. The fraction of sp³-hybridized carbons (Fsp3) is 0.667. The second-order valence-corrected chi connectivity index (χ2v) is 7.55. The van der Waals surface area contributed by atoms with Crippen LogP contribution in [-0.2, 0) is 4.79 Å². The molecule has 1 unspecified atom stereocenters. The molecule has 138 valence electrons. The number of rotatable bonds is 12. The van der Waals surface area contributed by atoms with Gasteiger partial charge in [0.2, 0.25) is 5.91 Å². The molecule has 0 aromatic heterocycles. The van der Waals surface area contributed by atoms with E-state index in [4.69, 9.17) is 6.42 Å². The Bertz CT molecular complexity index is 528. The third kappa shape index (κ3) is 7.05. The van der Waals surface area contributed by atoms with E-state index in [2.05, 4.69) is 35.2 Å². The zero-order valence-corrected chi connectivity index (χ0v) is 15.5. The summed E-state index contributed by atoms with van der Waals surface area (Å²) in [6, 6.07) is 0.174. The van der Waals surface area contributed by atoms with Gasteiger partial charge in [-0.1, -0.05) is 43.6 Å². The van der Waals surface area contributed by atoms with E-state index in [9.17, 15) is 4.79 Å². The van der Waals surface area contributed by atoms with Crippen LogP contribution in [0.15, 0.2) is 24.3 Å². The van der Waals surface area contributed by atoms with Crippen LogP contribution in [0.2, 0.25) is 0 Å². The molecule has 1 saturated carbocycles. The molecule has 1 amide bonds. The van der Waals surface area contributed by atoms with Crippen LogP contribution in [0.25, 0.3) is 0 Å². The lowest BCUT2D eigenvalue weighted by molar-refractivity contribution is -0.120. The van der Waals surface area contributed by atoms with Crippen molar-refractivity contribution in [1.82, 2.24) is 16.2 Å². The summed E-state index contributed by atoms with van der Waals surface area (Å²) in [6.45, 7) is 8.12. The fourth-order valence-corrected chi connectivity index (χ4v) is 3.51. The molecule has 4 heteroatoms. The van der Waals surface area contributed by atoms with Crippen LogP contribution in [0.3, 0.4) is 0 Å². The highest BCUT2D eigenvalue weighted by Crippen LogP contribution is 2.28. The maximum atomic E-state index is 12.1. The van der Waals surface area contributed by atoms with Crippen LogP contribution < -0.4 is 16.2 Å². The summed E-state index contributed by atoms with van der Waals surface area (Å²) in [5.74, 6) is 2.77. The van der Waals surface area contributed by atoms with Crippen LogP contribution in [0, 0.1) is 12.3 Å². The van der Waals surface area contributed by atoms with E-state index < -0.39 is 0 Å². The number of hydrogen-bond acceptors (Lipinski definition) is 3. The summed E-state index contributed by atoms with van der Waals surface area (Å²) in [5.41, 5.74) is 8.80. The Hall–Kier alpha value is -1.57. The topological polar surface area (TPSA) is 73.0 Å². The summed E-state index contributed by atoms with van der Waals surface area (Å²) < 4.78 is 0. The summed E-state index contributed by atoms with van der Waals surface area (Å²) in [4.78, 5) is 12.1. The number of terminal acetylenes is 1. The molecule has 0 bridgehead atoms. The molecule has 2 aliphatic rings. The Balaban J connectivity index is 1.57. The first-order valence-corrected chi connectivity index (χ1v) is 9.66. The number of nitrogens with one attached hydrogen (secondary N) is 3. The number of amides is 1. The molecule has 1 aliphatic heterocycles. The molecular formula is C21H33N3O. The van der Waals surface area contributed by atoms with Gasteiger partial charge in [-0.25, -0.2) is 10.9 Å². The first kappa shape index (κ1) is 19.8. The number of hydrogen-bond donors (Lipinski definition) is 3. The van der Waals surface area contributed by atoms with Gasteiger partial charge in [0.25, 0.3) is 0 Å². The minimum Gasteiger partial charge on any atom is -0.349 e. The molecule has 0 spiro atoms. The van der Waals surface area contributed by atoms with Crippen molar-refractivity contribution in [2.75, 3.05) is 0 Å². The van der Waals surface area contributed by atoms with E-state index >= 15 is 0 Å². The maximum absolute atomic E-state index is 12.1. The third-order valence-corrected chi connectivity index (χ3v) is 5.29. The van der Waals surface area contributed by atoms with Gasteiger partial charge in [0.15, 0.2) is 0 Å².